The third kappa shape index (κ3) is 85.1. The average molecular weight is 1440 g/mol. The summed E-state index contributed by atoms with van der Waals surface area (Å²) in [6.07, 6.45) is 119. The number of carbonyl (C=O) groups excluding carboxylic acids is 2. The summed E-state index contributed by atoms with van der Waals surface area (Å²) >= 11 is 0. The molecule has 0 aliphatic carbocycles. The highest BCUT2D eigenvalue weighted by molar-refractivity contribution is 7.47. The molecule has 0 spiro atoms. The van der Waals surface area contributed by atoms with Crippen molar-refractivity contribution in [1.29, 1.82) is 0 Å². The molecule has 9 nitrogen and oxygen atoms in total. The van der Waals surface area contributed by atoms with Gasteiger partial charge in [0.25, 0.3) is 0 Å². The molecule has 10 heteroatoms. The predicted octanol–water partition coefficient (Wildman–Crippen LogP) is 29.1. The van der Waals surface area contributed by atoms with Crippen LogP contribution in [-0.2, 0) is 32.7 Å². The third-order valence-electron chi connectivity index (χ3n) is 18.7. The zero-order valence-corrected chi connectivity index (χ0v) is 68.2. The molecule has 0 saturated heterocycles. The fourth-order valence-corrected chi connectivity index (χ4v) is 12.9. The highest BCUT2D eigenvalue weighted by atomic mass is 31.2. The van der Waals surface area contributed by atoms with E-state index in [1.807, 2.05) is 21.1 Å². The van der Waals surface area contributed by atoms with Crippen LogP contribution >= 0.6 is 7.82 Å². The molecule has 1 N–H and O–H groups in total. The van der Waals surface area contributed by atoms with Crippen molar-refractivity contribution in [1.82, 2.24) is 0 Å². The Labute approximate surface area is 631 Å². The topological polar surface area (TPSA) is 108 Å². The van der Waals surface area contributed by atoms with Gasteiger partial charge in [-0.05, 0) is 116 Å². The normalized spacial score (nSPS) is 13.7. The second kappa shape index (κ2) is 81.2. The van der Waals surface area contributed by atoms with Crippen molar-refractivity contribution in [3.63, 3.8) is 0 Å². The minimum absolute atomic E-state index is 0.0297. The van der Waals surface area contributed by atoms with E-state index in [1.54, 1.807) is 0 Å². The molecule has 588 valence electrons. The molecule has 0 amide bonds. The first-order chi connectivity index (χ1) is 50.0. The smallest absolute Gasteiger partial charge is 0.462 e. The van der Waals surface area contributed by atoms with E-state index >= 15 is 0 Å². The summed E-state index contributed by atoms with van der Waals surface area (Å²) < 4.78 is 34.9. The highest BCUT2D eigenvalue weighted by Gasteiger charge is 2.27. The number of hydrogen-bond acceptors (Lipinski definition) is 7. The van der Waals surface area contributed by atoms with Crippen molar-refractivity contribution in [2.75, 3.05) is 47.5 Å². The molecule has 0 fully saturated rings. The Morgan fingerprint density at radius 3 is 0.833 bits per heavy atom. The Morgan fingerprint density at radius 1 is 0.314 bits per heavy atom. The van der Waals surface area contributed by atoms with Crippen molar-refractivity contribution in [3.05, 3.63) is 134 Å². The third-order valence-corrected chi connectivity index (χ3v) is 19.6. The number of carbonyl (C=O) groups is 2. The van der Waals surface area contributed by atoms with Gasteiger partial charge >= 0.3 is 19.8 Å². The molecule has 102 heavy (non-hydrogen) atoms. The van der Waals surface area contributed by atoms with Crippen molar-refractivity contribution >= 4 is 19.8 Å². The Kier molecular flexibility index (Phi) is 78.2. The van der Waals surface area contributed by atoms with Crippen LogP contribution in [0, 0.1) is 0 Å². The molecule has 0 aromatic rings. The monoisotopic (exact) mass is 1440 g/mol. The summed E-state index contributed by atoms with van der Waals surface area (Å²) in [5, 5.41) is 0. The van der Waals surface area contributed by atoms with Crippen LogP contribution in [0.5, 0.6) is 0 Å². The second-order valence-corrected chi connectivity index (χ2v) is 31.3. The van der Waals surface area contributed by atoms with Gasteiger partial charge in [-0.1, -0.05) is 392 Å². The minimum atomic E-state index is -4.40. The maximum absolute atomic E-state index is 12.9. The number of rotatable bonds is 79. The molecule has 0 saturated carbocycles. The summed E-state index contributed by atoms with van der Waals surface area (Å²) in [4.78, 5) is 36.0. The van der Waals surface area contributed by atoms with Gasteiger partial charge in [0, 0.05) is 12.8 Å². The number of esters is 2. The lowest BCUT2D eigenvalue weighted by Crippen LogP contribution is -2.37. The number of hydrogen-bond donors (Lipinski definition) is 1. The lowest BCUT2D eigenvalue weighted by Gasteiger charge is -2.24. The lowest BCUT2D eigenvalue weighted by atomic mass is 10.0. The standard InChI is InChI=1S/C92H162NO8P/c1-6-8-10-12-14-16-18-20-22-24-26-28-30-32-34-36-38-40-42-44-45-46-47-49-51-53-55-57-59-61-63-65-67-69-71-73-75-77-79-81-83-85-92(95)101-90(89-100-102(96,97)99-87-86-93(3,4)5)88-98-91(94)84-82-80-78-76-74-72-70-68-66-64-62-60-58-56-54-52-50-48-43-41-39-37-35-33-31-29-27-25-23-21-19-17-15-13-11-9-7-2/h8,10,14,16,19-22,25-28,31-34,38,40,44-45,47,49,90H,6-7,9,11-13,15,17-18,23-24,29-30,35-37,39,41-43,46,48,50-89H2,1-5H3/p+1/b10-8-,16-14-,21-19-,22-20-,27-25-,28-26-,33-31-,34-32-,40-38-,45-44-,49-47-. The quantitative estimate of drug-likeness (QED) is 0.0211. The van der Waals surface area contributed by atoms with Gasteiger partial charge in [-0.15, -0.1) is 0 Å². The summed E-state index contributed by atoms with van der Waals surface area (Å²) in [5.74, 6) is -0.784. The van der Waals surface area contributed by atoms with E-state index in [2.05, 4.69) is 148 Å². The summed E-state index contributed by atoms with van der Waals surface area (Å²) in [5.41, 5.74) is 0. The van der Waals surface area contributed by atoms with Gasteiger partial charge in [0.05, 0.1) is 27.7 Å². The number of nitrogens with zero attached hydrogens (tertiary/aromatic N) is 1. The first kappa shape index (κ1) is 98.2. The molecule has 0 aromatic heterocycles. The SMILES string of the molecule is CC/C=C\C/C=C\C/C=C\C/C=C\C/C=C\C/C=C\C/C=C\C/C=C\CCCCCCCCCCCCCCCCCCC(=O)OC(COC(=O)CCCCCCCCCCCCCCCCCCCCCCCC/C=C\C/C=C\C/C=C\CCCCCCC)COP(=O)(O)OCC[N+](C)(C)C. The lowest BCUT2D eigenvalue weighted by molar-refractivity contribution is -0.870. The number of phosphoric acid groups is 1. The van der Waals surface area contributed by atoms with Gasteiger partial charge < -0.3 is 18.9 Å². The molecular weight excluding hydrogens is 1280 g/mol. The number of phosphoric ester groups is 1. The van der Waals surface area contributed by atoms with E-state index in [0.717, 1.165) is 103 Å². The first-order valence-electron chi connectivity index (χ1n) is 42.9. The van der Waals surface area contributed by atoms with Gasteiger partial charge in [-0.2, -0.15) is 0 Å². The van der Waals surface area contributed by atoms with Crippen LogP contribution in [0.3, 0.4) is 0 Å². The molecule has 0 aromatic carbocycles. The van der Waals surface area contributed by atoms with Crippen molar-refractivity contribution in [2.24, 2.45) is 0 Å². The fourth-order valence-electron chi connectivity index (χ4n) is 12.2. The zero-order chi connectivity index (χ0) is 74.0. The number of allylic oxidation sites excluding steroid dienone is 22. The van der Waals surface area contributed by atoms with Gasteiger partial charge in [0.1, 0.15) is 19.8 Å². The minimum Gasteiger partial charge on any atom is -0.462 e. The molecule has 0 radical (unpaired) electrons. The second-order valence-electron chi connectivity index (χ2n) is 29.8. The van der Waals surface area contributed by atoms with E-state index in [0.29, 0.717) is 17.4 Å². The summed E-state index contributed by atoms with van der Waals surface area (Å²) in [7, 11) is 1.48. The Morgan fingerprint density at radius 2 is 0.559 bits per heavy atom. The van der Waals surface area contributed by atoms with Gasteiger partial charge in [0.2, 0.25) is 0 Å². The maximum Gasteiger partial charge on any atom is 0.472 e. The van der Waals surface area contributed by atoms with Crippen LogP contribution < -0.4 is 0 Å². The maximum atomic E-state index is 12.9. The molecule has 0 aliphatic heterocycles. The van der Waals surface area contributed by atoms with Crippen LogP contribution in [0.1, 0.15) is 386 Å². The Bertz CT molecular complexity index is 2190. The molecule has 0 bridgehead atoms. The molecule has 2 unspecified atom stereocenters. The van der Waals surface area contributed by atoms with Gasteiger partial charge in [0.15, 0.2) is 6.10 Å². The van der Waals surface area contributed by atoms with E-state index in [9.17, 15) is 19.0 Å². The van der Waals surface area contributed by atoms with E-state index in [1.165, 1.54) is 250 Å². The molecule has 2 atom stereocenters. The van der Waals surface area contributed by atoms with Crippen molar-refractivity contribution in [3.8, 4) is 0 Å². The largest absolute Gasteiger partial charge is 0.472 e. The average Bonchev–Trinajstić information content (AvgIpc) is 0.916. The van der Waals surface area contributed by atoms with Crippen LogP contribution in [-0.4, -0.2) is 74.9 Å². The van der Waals surface area contributed by atoms with Gasteiger partial charge in [-0.3, -0.25) is 18.6 Å². The highest BCUT2D eigenvalue weighted by Crippen LogP contribution is 2.43. The van der Waals surface area contributed by atoms with Crippen molar-refractivity contribution in [2.45, 2.75) is 392 Å². The Balaban J connectivity index is 3.94. The first-order valence-corrected chi connectivity index (χ1v) is 44.4. The predicted molar refractivity (Wildman–Crippen MR) is 445 cm³/mol. The number of ether oxygens (including phenoxy) is 2. The summed E-state index contributed by atoms with van der Waals surface area (Å²) in [6.45, 7) is 4.35. The zero-order valence-electron chi connectivity index (χ0n) is 67.3. The molecular formula is C92H163NO8P+. The van der Waals surface area contributed by atoms with Crippen LogP contribution in [0.25, 0.3) is 0 Å². The van der Waals surface area contributed by atoms with Crippen LogP contribution in [0.2, 0.25) is 0 Å². The Hall–Kier alpha value is -3.85. The number of likely N-dealkylation sites (N-methyl/N-ethyl adjacent to an activating group) is 1. The van der Waals surface area contributed by atoms with Gasteiger partial charge in [-0.25, -0.2) is 4.57 Å². The molecule has 0 rings (SSSR count). The number of quaternary nitrogens is 1. The van der Waals surface area contributed by atoms with Crippen LogP contribution in [0.15, 0.2) is 134 Å². The fraction of sp³-hybridized carbons (Fsp3) is 0.739. The summed E-state index contributed by atoms with van der Waals surface area (Å²) in [6, 6.07) is 0. The molecule has 0 heterocycles. The number of unbranched alkanes of at least 4 members (excludes halogenated alkanes) is 43. The van der Waals surface area contributed by atoms with E-state index in [-0.39, 0.29) is 32.0 Å². The van der Waals surface area contributed by atoms with E-state index < -0.39 is 26.5 Å². The van der Waals surface area contributed by atoms with E-state index in [4.69, 9.17) is 18.5 Å². The van der Waals surface area contributed by atoms with Crippen molar-refractivity contribution < 1.29 is 42.1 Å². The van der Waals surface area contributed by atoms with Crippen LogP contribution in [0.4, 0.5) is 0 Å². The molecule has 0 aliphatic rings.